The monoisotopic (exact) mass is 313 g/mol. The van der Waals surface area contributed by atoms with Gasteiger partial charge >= 0.3 is 0 Å². The highest BCUT2D eigenvalue weighted by atomic mass is 32.1. The number of benzene rings is 1. The van der Waals surface area contributed by atoms with Gasteiger partial charge < -0.3 is 14.8 Å². The number of anilines is 1. The molecule has 0 amide bonds. The zero-order valence-electron chi connectivity index (χ0n) is 12.2. The molecule has 0 saturated heterocycles. The van der Waals surface area contributed by atoms with Gasteiger partial charge in [-0.3, -0.25) is 0 Å². The predicted octanol–water partition coefficient (Wildman–Crippen LogP) is 3.00. The summed E-state index contributed by atoms with van der Waals surface area (Å²) in [6.45, 7) is 0. The van der Waals surface area contributed by atoms with Gasteiger partial charge in [-0.15, -0.1) is 0 Å². The molecule has 0 aromatic heterocycles. The maximum atomic E-state index is 5.31. The summed E-state index contributed by atoms with van der Waals surface area (Å²) in [7, 11) is 3.21. The molecule has 1 heterocycles. The van der Waals surface area contributed by atoms with Crippen LogP contribution in [0.3, 0.4) is 0 Å². The van der Waals surface area contributed by atoms with Crippen molar-refractivity contribution < 1.29 is 9.47 Å². The van der Waals surface area contributed by atoms with Crippen LogP contribution in [0.25, 0.3) is 0 Å². The fourth-order valence-electron chi connectivity index (χ4n) is 2.35. The Labute approximate surface area is 134 Å². The maximum absolute atomic E-state index is 5.31. The highest BCUT2D eigenvalue weighted by Gasteiger charge is 2.24. The minimum absolute atomic E-state index is 0.00945. The van der Waals surface area contributed by atoms with E-state index in [-0.39, 0.29) is 5.92 Å². The highest BCUT2D eigenvalue weighted by Crippen LogP contribution is 2.30. The molecule has 3 rings (SSSR count). The number of amidine groups is 1. The normalized spacial score (nSPS) is 19.2. The smallest absolute Gasteiger partial charge is 0.221 e. The SMILES string of the molecule is COc1ccc(NC2=NC(=S)N=C3C=CC=CC32)cc1OC. The number of thiocarbonyl (C=S) groups is 1. The third-order valence-electron chi connectivity index (χ3n) is 3.39. The number of rotatable bonds is 3. The van der Waals surface area contributed by atoms with Gasteiger partial charge in [0.05, 0.1) is 25.8 Å². The third kappa shape index (κ3) is 2.78. The summed E-state index contributed by atoms with van der Waals surface area (Å²) >= 11 is 5.14. The van der Waals surface area contributed by atoms with E-state index in [0.717, 1.165) is 17.2 Å². The molecule has 1 aromatic rings. The van der Waals surface area contributed by atoms with Crippen molar-refractivity contribution in [2.24, 2.45) is 15.9 Å². The van der Waals surface area contributed by atoms with Crippen molar-refractivity contribution in [3.63, 3.8) is 0 Å². The van der Waals surface area contributed by atoms with Gasteiger partial charge in [-0.25, -0.2) is 9.98 Å². The molecule has 0 radical (unpaired) electrons. The van der Waals surface area contributed by atoms with Gasteiger partial charge in [0.2, 0.25) is 5.11 Å². The van der Waals surface area contributed by atoms with E-state index in [1.165, 1.54) is 0 Å². The molecule has 1 atom stereocenters. The van der Waals surface area contributed by atoms with Crippen molar-refractivity contribution in [2.45, 2.75) is 0 Å². The molecule has 1 aliphatic heterocycles. The molecule has 1 aliphatic carbocycles. The zero-order chi connectivity index (χ0) is 15.5. The number of aliphatic imine (C=N–C) groups is 2. The molecule has 112 valence electrons. The second kappa shape index (κ2) is 6.11. The number of ether oxygens (including phenoxy) is 2. The van der Waals surface area contributed by atoms with E-state index >= 15 is 0 Å². The van der Waals surface area contributed by atoms with Crippen LogP contribution >= 0.6 is 12.2 Å². The van der Waals surface area contributed by atoms with Crippen LogP contribution in [-0.4, -0.2) is 30.9 Å². The summed E-state index contributed by atoms with van der Waals surface area (Å²) in [6, 6.07) is 5.60. The van der Waals surface area contributed by atoms with Crippen LogP contribution in [0.5, 0.6) is 11.5 Å². The Morgan fingerprint density at radius 2 is 1.91 bits per heavy atom. The van der Waals surface area contributed by atoms with Gasteiger partial charge in [0.25, 0.3) is 0 Å². The molecule has 2 aliphatic rings. The molecular weight excluding hydrogens is 298 g/mol. The van der Waals surface area contributed by atoms with Crippen molar-refractivity contribution in [1.29, 1.82) is 0 Å². The quantitative estimate of drug-likeness (QED) is 0.872. The van der Waals surface area contributed by atoms with Crippen molar-refractivity contribution in [3.8, 4) is 11.5 Å². The molecule has 0 fully saturated rings. The summed E-state index contributed by atoms with van der Waals surface area (Å²) in [6.07, 6.45) is 7.90. The highest BCUT2D eigenvalue weighted by molar-refractivity contribution is 7.80. The summed E-state index contributed by atoms with van der Waals surface area (Å²) < 4.78 is 10.6. The fourth-order valence-corrected chi connectivity index (χ4v) is 2.55. The standard InChI is InChI=1S/C16H15N3O2S/c1-20-13-8-7-10(9-14(13)21-2)17-15-11-5-3-4-6-12(11)18-16(22)19-15/h3-9,11H,1-2H3,(H,17,19,22). The second-order valence-corrected chi connectivity index (χ2v) is 5.10. The molecule has 0 spiro atoms. The molecular formula is C16H15N3O2S. The Kier molecular flexibility index (Phi) is 4.02. The Morgan fingerprint density at radius 1 is 1.09 bits per heavy atom. The summed E-state index contributed by atoms with van der Waals surface area (Å²) in [4.78, 5) is 8.65. The van der Waals surface area contributed by atoms with Crippen molar-refractivity contribution >= 4 is 34.6 Å². The van der Waals surface area contributed by atoms with Crippen LogP contribution in [0.2, 0.25) is 0 Å². The van der Waals surface area contributed by atoms with E-state index < -0.39 is 0 Å². The van der Waals surface area contributed by atoms with Crippen LogP contribution in [0.1, 0.15) is 0 Å². The Morgan fingerprint density at radius 3 is 2.68 bits per heavy atom. The zero-order valence-corrected chi connectivity index (χ0v) is 13.1. The van der Waals surface area contributed by atoms with Crippen molar-refractivity contribution in [3.05, 3.63) is 42.5 Å². The molecule has 1 N–H and O–H groups in total. The first-order valence-electron chi connectivity index (χ1n) is 6.76. The van der Waals surface area contributed by atoms with Crippen LogP contribution in [0.4, 0.5) is 5.69 Å². The lowest BCUT2D eigenvalue weighted by molar-refractivity contribution is 0.355. The average Bonchev–Trinajstić information content (AvgIpc) is 2.54. The topological polar surface area (TPSA) is 55.2 Å². The number of hydrogen-bond acceptors (Lipinski definition) is 4. The van der Waals surface area contributed by atoms with Crippen LogP contribution in [0, 0.1) is 5.92 Å². The lowest BCUT2D eigenvalue weighted by atomic mass is 9.96. The number of hydrogen-bond donors (Lipinski definition) is 1. The number of fused-ring (bicyclic) bond motifs is 1. The van der Waals surface area contributed by atoms with E-state index in [9.17, 15) is 0 Å². The lowest BCUT2D eigenvalue weighted by Crippen LogP contribution is -2.32. The van der Waals surface area contributed by atoms with Gasteiger partial charge in [0, 0.05) is 11.8 Å². The van der Waals surface area contributed by atoms with Gasteiger partial charge in [-0.2, -0.15) is 0 Å². The molecule has 0 saturated carbocycles. The van der Waals surface area contributed by atoms with E-state index in [2.05, 4.69) is 15.3 Å². The van der Waals surface area contributed by atoms with E-state index in [1.54, 1.807) is 14.2 Å². The maximum Gasteiger partial charge on any atom is 0.221 e. The first-order chi connectivity index (χ1) is 10.7. The Hall–Kier alpha value is -2.47. The summed E-state index contributed by atoms with van der Waals surface area (Å²) in [5.41, 5.74) is 1.74. The van der Waals surface area contributed by atoms with Gasteiger partial charge in [0.15, 0.2) is 11.5 Å². The molecule has 5 nitrogen and oxygen atoms in total. The lowest BCUT2D eigenvalue weighted by Gasteiger charge is -2.23. The number of nitrogens with zero attached hydrogens (tertiary/aromatic N) is 2. The van der Waals surface area contributed by atoms with Crippen molar-refractivity contribution in [1.82, 2.24) is 0 Å². The fraction of sp³-hybridized carbons (Fsp3) is 0.188. The minimum Gasteiger partial charge on any atom is -0.493 e. The number of nitrogens with one attached hydrogen (secondary N) is 1. The molecule has 6 heteroatoms. The van der Waals surface area contributed by atoms with Gasteiger partial charge in [-0.1, -0.05) is 18.2 Å². The third-order valence-corrected chi connectivity index (χ3v) is 3.57. The first-order valence-corrected chi connectivity index (χ1v) is 7.17. The van der Waals surface area contributed by atoms with Gasteiger partial charge in [0.1, 0.15) is 5.84 Å². The van der Waals surface area contributed by atoms with Crippen molar-refractivity contribution in [2.75, 3.05) is 19.5 Å². The Balaban J connectivity index is 1.88. The summed E-state index contributed by atoms with van der Waals surface area (Å²) in [5.74, 6) is 2.07. The largest absolute Gasteiger partial charge is 0.493 e. The molecule has 1 unspecified atom stereocenters. The number of methoxy groups -OCH3 is 2. The van der Waals surface area contributed by atoms with Crippen LogP contribution in [0.15, 0.2) is 52.5 Å². The van der Waals surface area contributed by atoms with E-state index in [0.29, 0.717) is 16.6 Å². The Bertz CT molecular complexity index is 735. The second-order valence-electron chi connectivity index (χ2n) is 4.73. The average molecular weight is 313 g/mol. The minimum atomic E-state index is -0.00945. The first kappa shape index (κ1) is 14.5. The van der Waals surface area contributed by atoms with E-state index in [4.69, 9.17) is 21.7 Å². The molecule has 22 heavy (non-hydrogen) atoms. The number of allylic oxidation sites excluding steroid dienone is 3. The van der Waals surface area contributed by atoms with E-state index in [1.807, 2.05) is 42.5 Å². The summed E-state index contributed by atoms with van der Waals surface area (Å²) in [5, 5.41) is 3.63. The molecule has 0 bridgehead atoms. The predicted molar refractivity (Wildman–Crippen MR) is 92.4 cm³/mol. The van der Waals surface area contributed by atoms with Crippen LogP contribution < -0.4 is 14.8 Å². The van der Waals surface area contributed by atoms with Gasteiger partial charge in [-0.05, 0) is 30.4 Å². The van der Waals surface area contributed by atoms with Crippen LogP contribution in [-0.2, 0) is 0 Å². The molecule has 1 aromatic carbocycles.